The first-order valence-electron chi connectivity index (χ1n) is 8.67. The van der Waals surface area contributed by atoms with Crippen molar-refractivity contribution >= 4 is 24.2 Å². The molecule has 1 fully saturated rings. The normalized spacial score (nSPS) is 14.8. The van der Waals surface area contributed by atoms with Gasteiger partial charge in [0.15, 0.2) is 10.6 Å². The predicted octanol–water partition coefficient (Wildman–Crippen LogP) is 2.95. The fourth-order valence-electron chi connectivity index (χ4n) is 3.18. The Morgan fingerprint density at radius 1 is 1.35 bits per heavy atom. The van der Waals surface area contributed by atoms with Crippen LogP contribution in [-0.4, -0.2) is 32.8 Å². The Balaban J connectivity index is 0.00000243. The molecule has 0 radical (unpaired) electrons. The van der Waals surface area contributed by atoms with E-state index in [2.05, 4.69) is 31.6 Å². The summed E-state index contributed by atoms with van der Waals surface area (Å²) in [4.78, 5) is 15.3. The molecular weight excluding hydrogens is 370 g/mol. The highest BCUT2D eigenvalue weighted by Crippen LogP contribution is 2.28. The zero-order valence-electron chi connectivity index (χ0n) is 15.2. The van der Waals surface area contributed by atoms with Crippen LogP contribution in [0.25, 0.3) is 0 Å². The summed E-state index contributed by atoms with van der Waals surface area (Å²) in [6.07, 6.45) is 5.84. The Labute approximate surface area is 164 Å². The molecule has 0 spiro atoms. The molecule has 1 saturated heterocycles. The van der Waals surface area contributed by atoms with E-state index < -0.39 is 0 Å². The Morgan fingerprint density at radius 3 is 2.77 bits per heavy atom. The third kappa shape index (κ3) is 4.39. The number of pyridine rings is 1. The quantitative estimate of drug-likeness (QED) is 0.581. The monoisotopic (exact) mass is 395 g/mol. The van der Waals surface area contributed by atoms with Crippen molar-refractivity contribution in [1.82, 2.24) is 25.1 Å². The van der Waals surface area contributed by atoms with Gasteiger partial charge in [-0.3, -0.25) is 4.79 Å². The lowest BCUT2D eigenvalue weighted by molar-refractivity contribution is 0.431. The summed E-state index contributed by atoms with van der Waals surface area (Å²) >= 11 is 1.61. The van der Waals surface area contributed by atoms with Crippen molar-refractivity contribution in [2.75, 3.05) is 13.1 Å². The maximum atomic E-state index is 12.1. The number of aromatic amines is 1. The fraction of sp³-hybridized carbons (Fsp3) is 0.500. The highest BCUT2D eigenvalue weighted by atomic mass is 35.5. The van der Waals surface area contributed by atoms with Gasteiger partial charge in [0.1, 0.15) is 5.82 Å². The number of aromatic nitrogens is 4. The number of nitrogens with zero attached hydrogens (tertiary/aromatic N) is 3. The summed E-state index contributed by atoms with van der Waals surface area (Å²) in [7, 11) is 0. The number of nitrogens with one attached hydrogen (secondary N) is 2. The van der Waals surface area contributed by atoms with E-state index in [1.165, 1.54) is 0 Å². The van der Waals surface area contributed by atoms with Crippen molar-refractivity contribution in [3.8, 4) is 0 Å². The molecule has 0 unspecified atom stereocenters. The maximum Gasteiger partial charge on any atom is 0.191 e. The largest absolute Gasteiger partial charge is 0.364 e. The van der Waals surface area contributed by atoms with Crippen LogP contribution in [0.3, 0.4) is 0 Å². The van der Waals surface area contributed by atoms with Gasteiger partial charge in [0, 0.05) is 41.2 Å². The van der Waals surface area contributed by atoms with Gasteiger partial charge in [0.05, 0.1) is 0 Å². The molecule has 0 bridgehead atoms. The molecule has 2 aromatic rings. The number of hydrogen-bond donors (Lipinski definition) is 2. The smallest absolute Gasteiger partial charge is 0.191 e. The molecule has 1 aliphatic rings. The van der Waals surface area contributed by atoms with E-state index >= 15 is 0 Å². The van der Waals surface area contributed by atoms with Crippen molar-refractivity contribution in [2.45, 2.75) is 50.1 Å². The molecule has 2 aromatic heterocycles. The van der Waals surface area contributed by atoms with E-state index in [-0.39, 0.29) is 17.8 Å². The van der Waals surface area contributed by atoms with Crippen LogP contribution in [0.4, 0.5) is 0 Å². The van der Waals surface area contributed by atoms with Crippen LogP contribution in [-0.2, 0) is 12.3 Å². The van der Waals surface area contributed by atoms with E-state index in [1.807, 2.05) is 19.9 Å². The van der Waals surface area contributed by atoms with Gasteiger partial charge in [-0.1, -0.05) is 17.8 Å². The highest BCUT2D eigenvalue weighted by Gasteiger charge is 2.23. The molecule has 26 heavy (non-hydrogen) atoms. The lowest BCUT2D eigenvalue weighted by atomic mass is 9.97. The maximum absolute atomic E-state index is 12.1. The Bertz CT molecular complexity index is 810. The zero-order chi connectivity index (χ0) is 17.8. The molecule has 8 heteroatoms. The Hall–Kier alpha value is -1.57. The Morgan fingerprint density at radius 2 is 2.08 bits per heavy atom. The molecule has 0 aromatic carbocycles. The minimum absolute atomic E-state index is 0. The standard InChI is InChI=1S/C18H25N5OS.ClH/c1-4-9-23-17(14-5-7-19-8-6-14)21-22-18(23)25-11-15-13(3)16(24)12(2)10-20-15;/h4,10,14,19H,1,5-9,11H2,2-3H3,(H,20,24);1H. The number of aryl methyl sites for hydroxylation is 1. The van der Waals surface area contributed by atoms with Crippen LogP contribution >= 0.6 is 24.2 Å². The van der Waals surface area contributed by atoms with Crippen molar-refractivity contribution in [3.63, 3.8) is 0 Å². The lowest BCUT2D eigenvalue weighted by Crippen LogP contribution is -2.28. The molecule has 6 nitrogen and oxygen atoms in total. The average molecular weight is 396 g/mol. The van der Waals surface area contributed by atoms with E-state index in [0.717, 1.165) is 53.7 Å². The van der Waals surface area contributed by atoms with Crippen LogP contribution in [0.1, 0.15) is 41.4 Å². The van der Waals surface area contributed by atoms with E-state index in [9.17, 15) is 4.79 Å². The van der Waals surface area contributed by atoms with E-state index in [4.69, 9.17) is 0 Å². The van der Waals surface area contributed by atoms with Gasteiger partial charge in [-0.2, -0.15) is 0 Å². The minimum Gasteiger partial charge on any atom is -0.364 e. The van der Waals surface area contributed by atoms with Gasteiger partial charge in [-0.05, 0) is 39.8 Å². The predicted molar refractivity (Wildman–Crippen MR) is 108 cm³/mol. The number of hydrogen-bond acceptors (Lipinski definition) is 5. The van der Waals surface area contributed by atoms with Gasteiger partial charge < -0.3 is 14.9 Å². The molecule has 0 aliphatic carbocycles. The third-order valence-corrected chi connectivity index (χ3v) is 5.71. The number of thioether (sulfide) groups is 1. The van der Waals surface area contributed by atoms with Gasteiger partial charge in [0.2, 0.25) is 0 Å². The molecule has 3 heterocycles. The molecular formula is C18H26ClN5OS. The van der Waals surface area contributed by atoms with Crippen LogP contribution in [0.2, 0.25) is 0 Å². The summed E-state index contributed by atoms with van der Waals surface area (Å²) in [5.41, 5.74) is 2.57. The van der Waals surface area contributed by atoms with E-state index in [1.54, 1.807) is 18.0 Å². The number of halogens is 1. The van der Waals surface area contributed by atoms with Crippen LogP contribution < -0.4 is 10.7 Å². The summed E-state index contributed by atoms with van der Waals surface area (Å²) in [6, 6.07) is 0. The van der Waals surface area contributed by atoms with Gasteiger partial charge in [-0.25, -0.2) is 0 Å². The molecule has 0 amide bonds. The fourth-order valence-corrected chi connectivity index (χ4v) is 4.17. The number of H-pyrrole nitrogens is 1. The molecule has 0 saturated carbocycles. The first-order chi connectivity index (χ1) is 12.1. The molecule has 2 N–H and O–H groups in total. The highest BCUT2D eigenvalue weighted by molar-refractivity contribution is 7.98. The third-order valence-electron chi connectivity index (χ3n) is 4.72. The summed E-state index contributed by atoms with van der Waals surface area (Å²) in [5.74, 6) is 2.17. The summed E-state index contributed by atoms with van der Waals surface area (Å²) in [6.45, 7) is 10.3. The minimum atomic E-state index is 0. The number of piperidine rings is 1. The average Bonchev–Trinajstić information content (AvgIpc) is 3.03. The van der Waals surface area contributed by atoms with Crippen LogP contribution in [0.5, 0.6) is 0 Å². The lowest BCUT2D eigenvalue weighted by Gasteiger charge is -2.22. The van der Waals surface area contributed by atoms with Gasteiger partial charge >= 0.3 is 0 Å². The second kappa shape index (κ2) is 9.39. The van der Waals surface area contributed by atoms with Crippen molar-refractivity contribution in [1.29, 1.82) is 0 Å². The van der Waals surface area contributed by atoms with Gasteiger partial charge in [-0.15, -0.1) is 29.2 Å². The second-order valence-electron chi connectivity index (χ2n) is 6.46. The van der Waals surface area contributed by atoms with E-state index in [0.29, 0.717) is 18.2 Å². The molecule has 0 atom stereocenters. The van der Waals surface area contributed by atoms with Crippen LogP contribution in [0, 0.1) is 13.8 Å². The first kappa shape index (κ1) is 20.7. The Kier molecular flexibility index (Phi) is 7.49. The second-order valence-corrected chi connectivity index (χ2v) is 7.40. The summed E-state index contributed by atoms with van der Waals surface area (Å²) < 4.78 is 2.16. The number of rotatable bonds is 6. The molecule has 3 rings (SSSR count). The van der Waals surface area contributed by atoms with Crippen molar-refractivity contribution in [3.05, 3.63) is 51.7 Å². The first-order valence-corrected chi connectivity index (χ1v) is 9.65. The van der Waals surface area contributed by atoms with Crippen molar-refractivity contribution < 1.29 is 0 Å². The molecule has 1 aliphatic heterocycles. The van der Waals surface area contributed by atoms with Gasteiger partial charge in [0.25, 0.3) is 0 Å². The number of allylic oxidation sites excluding steroid dienone is 1. The zero-order valence-corrected chi connectivity index (χ0v) is 16.9. The SMILES string of the molecule is C=CCn1c(SCc2[nH]cc(C)c(=O)c2C)nnc1C1CCNCC1.Cl. The van der Waals surface area contributed by atoms with Crippen LogP contribution in [0.15, 0.2) is 28.8 Å². The topological polar surface area (TPSA) is 75.6 Å². The summed E-state index contributed by atoms with van der Waals surface area (Å²) in [5, 5.41) is 13.2. The molecule has 142 valence electrons. The van der Waals surface area contributed by atoms with Crippen molar-refractivity contribution in [2.24, 2.45) is 0 Å².